The Morgan fingerprint density at radius 1 is 1.45 bits per heavy atom. The van der Waals surface area contributed by atoms with Crippen LogP contribution < -0.4 is 15.7 Å². The summed E-state index contributed by atoms with van der Waals surface area (Å²) in [7, 11) is 0.818. The van der Waals surface area contributed by atoms with Crippen molar-refractivity contribution in [1.29, 1.82) is 0 Å². The molecule has 4 N–H and O–H groups in total. The van der Waals surface area contributed by atoms with E-state index in [9.17, 15) is 9.18 Å². The lowest BCUT2D eigenvalue weighted by Gasteiger charge is -2.19. The van der Waals surface area contributed by atoms with Crippen molar-refractivity contribution in [3.8, 4) is 0 Å². The van der Waals surface area contributed by atoms with Gasteiger partial charge in [0.05, 0.1) is 19.3 Å². The summed E-state index contributed by atoms with van der Waals surface area (Å²) in [4.78, 5) is 11.9. The Balaban J connectivity index is 1.89. The standard InChI is InChI=1S/C21H33FN3O3P/c1-15(13-26)5-4-10-29(24-12-17-6-7-17)28-14-18-8-9-19(11-20(18)22)25-21(27)16(2)23-3/h5,8-9,11,16-17,23-24,26H,4,6-7,10,12-14H2,1-3H3,(H,25,27)/b15-5+. The second-order valence-electron chi connectivity index (χ2n) is 7.48. The van der Waals surface area contributed by atoms with E-state index < -0.39 is 14.1 Å². The van der Waals surface area contributed by atoms with E-state index in [1.807, 2.05) is 13.0 Å². The van der Waals surface area contributed by atoms with E-state index in [4.69, 9.17) is 9.63 Å². The number of benzene rings is 1. The van der Waals surface area contributed by atoms with Crippen LogP contribution in [0, 0.1) is 11.7 Å². The molecule has 29 heavy (non-hydrogen) atoms. The van der Waals surface area contributed by atoms with Gasteiger partial charge in [-0.05, 0) is 58.2 Å². The lowest BCUT2D eigenvalue weighted by molar-refractivity contribution is -0.117. The summed E-state index contributed by atoms with van der Waals surface area (Å²) in [6, 6.07) is 4.31. The number of likely N-dealkylation sites (N-methyl/N-ethyl adjacent to an activating group) is 1. The molecular formula is C21H33FN3O3P. The molecular weight excluding hydrogens is 392 g/mol. The van der Waals surface area contributed by atoms with Gasteiger partial charge in [0.2, 0.25) is 5.91 Å². The van der Waals surface area contributed by atoms with Gasteiger partial charge in [0.25, 0.3) is 0 Å². The first-order valence-electron chi connectivity index (χ1n) is 10.1. The van der Waals surface area contributed by atoms with Crippen LogP contribution in [0.3, 0.4) is 0 Å². The maximum absolute atomic E-state index is 14.5. The molecule has 2 atom stereocenters. The predicted molar refractivity (Wildman–Crippen MR) is 116 cm³/mol. The maximum atomic E-state index is 14.5. The average molecular weight is 425 g/mol. The number of carbonyl (C=O) groups is 1. The Hall–Kier alpha value is -1.37. The molecule has 0 aliphatic heterocycles. The van der Waals surface area contributed by atoms with E-state index in [1.165, 1.54) is 18.9 Å². The second-order valence-corrected chi connectivity index (χ2v) is 9.26. The lowest BCUT2D eigenvalue weighted by atomic mass is 10.2. The minimum atomic E-state index is -0.878. The van der Waals surface area contributed by atoms with Crippen molar-refractivity contribution >= 4 is 19.9 Å². The van der Waals surface area contributed by atoms with Gasteiger partial charge in [-0.1, -0.05) is 17.7 Å². The summed E-state index contributed by atoms with van der Waals surface area (Å²) < 4.78 is 20.5. The van der Waals surface area contributed by atoms with Gasteiger partial charge in [-0.15, -0.1) is 0 Å². The Morgan fingerprint density at radius 2 is 2.21 bits per heavy atom. The summed E-state index contributed by atoms with van der Waals surface area (Å²) in [5.74, 6) is 0.126. The molecule has 162 valence electrons. The van der Waals surface area contributed by atoms with Gasteiger partial charge in [0, 0.05) is 24.0 Å². The number of halogens is 1. The number of aliphatic hydroxyl groups is 1. The van der Waals surface area contributed by atoms with Crippen molar-refractivity contribution < 1.29 is 18.8 Å². The van der Waals surface area contributed by atoms with Crippen LogP contribution in [0.4, 0.5) is 10.1 Å². The number of nitrogens with one attached hydrogen (secondary N) is 3. The molecule has 0 saturated heterocycles. The fourth-order valence-electron chi connectivity index (χ4n) is 2.51. The van der Waals surface area contributed by atoms with Gasteiger partial charge >= 0.3 is 0 Å². The number of amides is 1. The molecule has 2 rings (SSSR count). The minimum Gasteiger partial charge on any atom is -0.392 e. The number of carbonyl (C=O) groups excluding carboxylic acids is 1. The largest absolute Gasteiger partial charge is 0.392 e. The molecule has 0 radical (unpaired) electrons. The summed E-state index contributed by atoms with van der Waals surface area (Å²) in [6.45, 7) is 4.82. The number of anilines is 1. The molecule has 0 spiro atoms. The molecule has 2 unspecified atom stereocenters. The predicted octanol–water partition coefficient (Wildman–Crippen LogP) is 3.53. The van der Waals surface area contributed by atoms with Gasteiger partial charge in [-0.3, -0.25) is 9.88 Å². The molecule has 8 heteroatoms. The second kappa shape index (κ2) is 12.4. The molecule has 1 aliphatic rings. The van der Waals surface area contributed by atoms with Crippen LogP contribution in [-0.2, 0) is 15.9 Å². The Bertz CT molecular complexity index is 698. The number of aliphatic hydroxyl groups excluding tert-OH is 1. The van der Waals surface area contributed by atoms with E-state index in [0.29, 0.717) is 11.3 Å². The zero-order chi connectivity index (χ0) is 21.2. The fourth-order valence-corrected chi connectivity index (χ4v) is 4.00. The lowest BCUT2D eigenvalue weighted by Crippen LogP contribution is -2.35. The van der Waals surface area contributed by atoms with Crippen LogP contribution in [-0.4, -0.2) is 43.4 Å². The van der Waals surface area contributed by atoms with Gasteiger partial charge in [0.15, 0.2) is 0 Å². The van der Waals surface area contributed by atoms with Gasteiger partial charge in [0.1, 0.15) is 14.1 Å². The highest BCUT2D eigenvalue weighted by molar-refractivity contribution is 7.50. The third kappa shape index (κ3) is 8.89. The van der Waals surface area contributed by atoms with Gasteiger partial charge in [-0.25, -0.2) is 4.39 Å². The number of hydrogen-bond acceptors (Lipinski definition) is 5. The average Bonchev–Trinajstić information content (AvgIpc) is 3.54. The van der Waals surface area contributed by atoms with Crippen LogP contribution in [0.25, 0.3) is 0 Å². The highest BCUT2D eigenvalue weighted by Crippen LogP contribution is 2.37. The summed E-state index contributed by atoms with van der Waals surface area (Å²) in [5.41, 5.74) is 1.84. The van der Waals surface area contributed by atoms with Crippen molar-refractivity contribution in [3.63, 3.8) is 0 Å². The number of rotatable bonds is 13. The number of hydrogen-bond donors (Lipinski definition) is 4. The van der Waals surface area contributed by atoms with Crippen molar-refractivity contribution in [2.45, 2.75) is 45.8 Å². The number of allylic oxidation sites excluding steroid dienone is 1. The zero-order valence-electron chi connectivity index (χ0n) is 17.5. The highest BCUT2D eigenvalue weighted by Gasteiger charge is 2.22. The maximum Gasteiger partial charge on any atom is 0.241 e. The summed E-state index contributed by atoms with van der Waals surface area (Å²) >= 11 is 0. The van der Waals surface area contributed by atoms with Crippen molar-refractivity contribution in [3.05, 3.63) is 41.2 Å². The van der Waals surface area contributed by atoms with Crippen LogP contribution in [0.15, 0.2) is 29.8 Å². The van der Waals surface area contributed by atoms with Gasteiger partial charge < -0.3 is 20.3 Å². The molecule has 1 fully saturated rings. The topological polar surface area (TPSA) is 82.6 Å². The van der Waals surface area contributed by atoms with E-state index in [1.54, 1.807) is 26.1 Å². The first kappa shape index (κ1) is 23.9. The molecule has 1 aromatic rings. The first-order chi connectivity index (χ1) is 13.9. The van der Waals surface area contributed by atoms with E-state index in [-0.39, 0.29) is 25.2 Å². The summed E-state index contributed by atoms with van der Waals surface area (Å²) in [6.07, 6.45) is 6.16. The fraction of sp³-hybridized carbons (Fsp3) is 0.571. The highest BCUT2D eigenvalue weighted by atomic mass is 31.2. The minimum absolute atomic E-state index is 0.0650. The monoisotopic (exact) mass is 425 g/mol. The molecule has 1 aliphatic carbocycles. The van der Waals surface area contributed by atoms with E-state index in [2.05, 4.69) is 15.7 Å². The van der Waals surface area contributed by atoms with Crippen LogP contribution >= 0.6 is 8.30 Å². The molecule has 1 amide bonds. The normalized spacial score (nSPS) is 16.5. The first-order valence-corrected chi connectivity index (χ1v) is 11.5. The quantitative estimate of drug-likeness (QED) is 0.287. The molecule has 1 saturated carbocycles. The third-order valence-corrected chi connectivity index (χ3v) is 6.49. The smallest absolute Gasteiger partial charge is 0.241 e. The molecule has 0 aromatic heterocycles. The van der Waals surface area contributed by atoms with E-state index >= 15 is 0 Å². The molecule has 6 nitrogen and oxygen atoms in total. The molecule has 1 aromatic carbocycles. The Labute approximate surface area is 174 Å². The SMILES string of the molecule is CNC(C)C(=O)Nc1ccc(COP(CC/C=C(\C)CO)NCC2CC2)c(F)c1. The molecule has 0 bridgehead atoms. The van der Waals surface area contributed by atoms with Crippen molar-refractivity contribution in [2.24, 2.45) is 5.92 Å². The van der Waals surface area contributed by atoms with Gasteiger partial charge in [-0.2, -0.15) is 0 Å². The molecule has 0 heterocycles. The van der Waals surface area contributed by atoms with Crippen LogP contribution in [0.1, 0.15) is 38.7 Å². The summed E-state index contributed by atoms with van der Waals surface area (Å²) in [5, 5.41) is 18.1. The third-order valence-electron chi connectivity index (χ3n) is 4.85. The van der Waals surface area contributed by atoms with Crippen LogP contribution in [0.2, 0.25) is 0 Å². The van der Waals surface area contributed by atoms with Crippen molar-refractivity contribution in [1.82, 2.24) is 10.4 Å². The Morgan fingerprint density at radius 3 is 2.83 bits per heavy atom. The van der Waals surface area contributed by atoms with Crippen molar-refractivity contribution in [2.75, 3.05) is 31.7 Å². The van der Waals surface area contributed by atoms with Crippen LogP contribution in [0.5, 0.6) is 0 Å². The zero-order valence-corrected chi connectivity index (χ0v) is 18.4. The van der Waals surface area contributed by atoms with E-state index in [0.717, 1.165) is 30.6 Å². The Kier molecular flexibility index (Phi) is 10.2.